The predicted octanol–water partition coefficient (Wildman–Crippen LogP) is 3.50. The Morgan fingerprint density at radius 1 is 1.09 bits per heavy atom. The molecule has 1 aliphatic rings. The number of rotatable bonds is 4. The van der Waals surface area contributed by atoms with Crippen molar-refractivity contribution in [2.75, 3.05) is 31.1 Å². The minimum absolute atomic E-state index is 0.0164. The number of carbonyl (C=O) groups excluding carboxylic acids is 1. The quantitative estimate of drug-likeness (QED) is 0.434. The number of hydrogen-bond donors (Lipinski definition) is 0. The maximum Gasteiger partial charge on any atom is 0.406 e. The number of nitrogens with zero attached hydrogens (tertiary/aromatic N) is 4. The van der Waals surface area contributed by atoms with Gasteiger partial charge in [0.1, 0.15) is 12.2 Å². The molecular formula is C20H17F3N4O4S. The number of piperazine rings is 1. The fraction of sp³-hybridized carbons (Fsp3) is 0.300. The SMILES string of the molecule is O=C(c1cccs1)N1CCN(c2c([N+](=O)[O-])c(=O)n(CC(F)(F)F)c3ccccc23)CC1. The lowest BCUT2D eigenvalue weighted by atomic mass is 10.1. The molecule has 0 radical (unpaired) electrons. The summed E-state index contributed by atoms with van der Waals surface area (Å²) in [6.07, 6.45) is -4.73. The molecule has 0 unspecified atom stereocenters. The average molecular weight is 466 g/mol. The number of para-hydroxylation sites is 1. The fourth-order valence-electron chi connectivity index (χ4n) is 3.89. The van der Waals surface area contributed by atoms with E-state index in [1.807, 2.05) is 0 Å². The molecule has 1 aliphatic heterocycles. The van der Waals surface area contributed by atoms with E-state index in [1.54, 1.807) is 33.4 Å². The van der Waals surface area contributed by atoms with Crippen LogP contribution in [0.1, 0.15) is 9.67 Å². The Labute approximate surface area is 183 Å². The maximum atomic E-state index is 13.1. The van der Waals surface area contributed by atoms with Crippen LogP contribution in [0, 0.1) is 10.1 Å². The molecule has 1 fully saturated rings. The van der Waals surface area contributed by atoms with E-state index in [-0.39, 0.29) is 48.7 Å². The number of fused-ring (bicyclic) bond motifs is 1. The van der Waals surface area contributed by atoms with Crippen molar-refractivity contribution in [1.82, 2.24) is 9.47 Å². The van der Waals surface area contributed by atoms with Gasteiger partial charge in [-0.3, -0.25) is 24.3 Å². The van der Waals surface area contributed by atoms with E-state index < -0.39 is 28.9 Å². The van der Waals surface area contributed by atoms with Gasteiger partial charge in [-0.2, -0.15) is 13.2 Å². The summed E-state index contributed by atoms with van der Waals surface area (Å²) in [6, 6.07) is 9.30. The Balaban J connectivity index is 1.76. The first-order chi connectivity index (χ1) is 15.2. The Morgan fingerprint density at radius 2 is 1.78 bits per heavy atom. The molecule has 12 heteroatoms. The van der Waals surface area contributed by atoms with Gasteiger partial charge < -0.3 is 9.80 Å². The summed E-state index contributed by atoms with van der Waals surface area (Å²) >= 11 is 1.31. The van der Waals surface area contributed by atoms with Gasteiger partial charge in [-0.15, -0.1) is 11.3 Å². The summed E-state index contributed by atoms with van der Waals surface area (Å²) in [5.74, 6) is -0.153. The van der Waals surface area contributed by atoms with Gasteiger partial charge in [0.25, 0.3) is 5.91 Å². The van der Waals surface area contributed by atoms with Gasteiger partial charge in [0, 0.05) is 31.6 Å². The van der Waals surface area contributed by atoms with Crippen molar-refractivity contribution in [3.63, 3.8) is 0 Å². The lowest BCUT2D eigenvalue weighted by molar-refractivity contribution is -0.385. The average Bonchev–Trinajstić information content (AvgIpc) is 3.29. The van der Waals surface area contributed by atoms with Crippen molar-refractivity contribution in [3.8, 4) is 0 Å². The largest absolute Gasteiger partial charge is 0.406 e. The highest BCUT2D eigenvalue weighted by atomic mass is 32.1. The molecule has 0 atom stereocenters. The van der Waals surface area contributed by atoms with Crippen LogP contribution in [0.4, 0.5) is 24.5 Å². The van der Waals surface area contributed by atoms with Crippen molar-refractivity contribution in [2.24, 2.45) is 0 Å². The van der Waals surface area contributed by atoms with Gasteiger partial charge >= 0.3 is 17.4 Å². The van der Waals surface area contributed by atoms with Gasteiger partial charge in [-0.25, -0.2) is 0 Å². The van der Waals surface area contributed by atoms with Crippen LogP contribution in [0.25, 0.3) is 10.9 Å². The monoisotopic (exact) mass is 466 g/mol. The lowest BCUT2D eigenvalue weighted by Gasteiger charge is -2.36. The number of benzene rings is 1. The summed E-state index contributed by atoms with van der Waals surface area (Å²) < 4.78 is 39.7. The molecule has 32 heavy (non-hydrogen) atoms. The molecule has 0 N–H and O–H groups in total. The van der Waals surface area contributed by atoms with Crippen LogP contribution in [0.15, 0.2) is 46.6 Å². The number of alkyl halides is 3. The first kappa shape index (κ1) is 21.8. The minimum atomic E-state index is -4.73. The fourth-order valence-corrected chi connectivity index (χ4v) is 4.58. The highest BCUT2D eigenvalue weighted by Crippen LogP contribution is 2.35. The van der Waals surface area contributed by atoms with Crippen molar-refractivity contribution >= 4 is 39.5 Å². The number of thiophene rings is 1. The second-order valence-electron chi connectivity index (χ2n) is 7.23. The van der Waals surface area contributed by atoms with Crippen LogP contribution in [0.3, 0.4) is 0 Å². The molecule has 4 rings (SSSR count). The van der Waals surface area contributed by atoms with E-state index in [1.165, 1.54) is 29.5 Å². The predicted molar refractivity (Wildman–Crippen MR) is 113 cm³/mol. The molecule has 1 amide bonds. The summed E-state index contributed by atoms with van der Waals surface area (Å²) in [4.78, 5) is 40.0. The number of amides is 1. The summed E-state index contributed by atoms with van der Waals surface area (Å²) in [6.45, 7) is -0.715. The van der Waals surface area contributed by atoms with Crippen molar-refractivity contribution in [2.45, 2.75) is 12.7 Å². The molecule has 0 saturated carbocycles. The van der Waals surface area contributed by atoms with E-state index in [4.69, 9.17) is 0 Å². The van der Waals surface area contributed by atoms with Crippen molar-refractivity contribution < 1.29 is 22.9 Å². The number of aromatic nitrogens is 1. The molecule has 0 bridgehead atoms. The van der Waals surface area contributed by atoms with E-state index in [9.17, 15) is 32.9 Å². The standard InChI is InChI=1S/C20H17F3N4O4S/c21-20(22,23)12-26-14-5-2-1-4-13(14)16(17(19(26)29)27(30)31)24-7-9-25(10-8-24)18(28)15-6-3-11-32-15/h1-6,11H,7-10,12H2. The zero-order chi connectivity index (χ0) is 23.0. The Kier molecular flexibility index (Phi) is 5.63. The maximum absolute atomic E-state index is 13.1. The molecule has 8 nitrogen and oxygen atoms in total. The normalized spacial score (nSPS) is 14.7. The van der Waals surface area contributed by atoms with Crippen LogP contribution < -0.4 is 10.5 Å². The van der Waals surface area contributed by atoms with Crippen LogP contribution >= 0.6 is 11.3 Å². The number of carbonyl (C=O) groups is 1. The van der Waals surface area contributed by atoms with E-state index in [2.05, 4.69) is 0 Å². The van der Waals surface area contributed by atoms with Gasteiger partial charge in [0.05, 0.1) is 15.3 Å². The topological polar surface area (TPSA) is 88.7 Å². The molecule has 3 heterocycles. The van der Waals surface area contributed by atoms with Crippen molar-refractivity contribution in [3.05, 3.63) is 67.1 Å². The van der Waals surface area contributed by atoms with E-state index in [0.717, 1.165) is 0 Å². The molecule has 1 saturated heterocycles. The Morgan fingerprint density at radius 3 is 2.38 bits per heavy atom. The highest BCUT2D eigenvalue weighted by molar-refractivity contribution is 7.12. The van der Waals surface area contributed by atoms with Gasteiger partial charge in [0.2, 0.25) is 0 Å². The second kappa shape index (κ2) is 8.26. The summed E-state index contributed by atoms with van der Waals surface area (Å²) in [7, 11) is 0. The summed E-state index contributed by atoms with van der Waals surface area (Å²) in [5, 5.41) is 13.8. The molecule has 3 aromatic rings. The third kappa shape index (κ3) is 4.05. The number of nitro groups is 1. The number of hydrogen-bond acceptors (Lipinski definition) is 6. The Hall–Kier alpha value is -3.41. The minimum Gasteiger partial charge on any atom is -0.362 e. The van der Waals surface area contributed by atoms with Crippen LogP contribution in [0.5, 0.6) is 0 Å². The third-order valence-corrected chi connectivity index (χ3v) is 6.11. The second-order valence-corrected chi connectivity index (χ2v) is 8.18. The molecule has 2 aromatic heterocycles. The lowest BCUT2D eigenvalue weighted by Crippen LogP contribution is -2.49. The molecule has 168 valence electrons. The highest BCUT2D eigenvalue weighted by Gasteiger charge is 2.36. The number of pyridine rings is 1. The number of anilines is 1. The van der Waals surface area contributed by atoms with Gasteiger partial charge in [-0.1, -0.05) is 24.3 Å². The van der Waals surface area contributed by atoms with E-state index in [0.29, 0.717) is 9.44 Å². The molecule has 0 spiro atoms. The molecule has 0 aliphatic carbocycles. The van der Waals surface area contributed by atoms with E-state index >= 15 is 0 Å². The van der Waals surface area contributed by atoms with Gasteiger partial charge in [0.15, 0.2) is 0 Å². The van der Waals surface area contributed by atoms with Crippen LogP contribution in [-0.4, -0.2) is 52.7 Å². The number of halogens is 3. The zero-order valence-electron chi connectivity index (χ0n) is 16.5. The smallest absolute Gasteiger partial charge is 0.362 e. The van der Waals surface area contributed by atoms with Crippen molar-refractivity contribution in [1.29, 1.82) is 0 Å². The first-order valence-corrected chi connectivity index (χ1v) is 10.5. The molecule has 1 aromatic carbocycles. The van der Waals surface area contributed by atoms with Crippen LogP contribution in [0.2, 0.25) is 0 Å². The van der Waals surface area contributed by atoms with Gasteiger partial charge in [-0.05, 0) is 17.5 Å². The first-order valence-electron chi connectivity index (χ1n) is 9.62. The van der Waals surface area contributed by atoms with Crippen LogP contribution in [-0.2, 0) is 6.54 Å². The zero-order valence-corrected chi connectivity index (χ0v) is 17.4. The molecular weight excluding hydrogens is 449 g/mol. The third-order valence-electron chi connectivity index (χ3n) is 5.26. The summed E-state index contributed by atoms with van der Waals surface area (Å²) in [5.41, 5.74) is -2.26. The Bertz CT molecular complexity index is 1230.